The molecule has 5 nitrogen and oxygen atoms in total. The third-order valence-electron chi connectivity index (χ3n) is 2.80. The van der Waals surface area contributed by atoms with Crippen LogP contribution in [0, 0.1) is 5.92 Å². The first-order valence-electron chi connectivity index (χ1n) is 5.53. The molecule has 0 aromatic heterocycles. The zero-order valence-corrected chi connectivity index (χ0v) is 8.91. The Morgan fingerprint density at radius 3 is 2.80 bits per heavy atom. The molecule has 0 bridgehead atoms. The van der Waals surface area contributed by atoms with Gasteiger partial charge >= 0.3 is 0 Å². The van der Waals surface area contributed by atoms with Crippen LogP contribution in [0.1, 0.15) is 0 Å². The molecule has 2 aliphatic heterocycles. The topological polar surface area (TPSA) is 50.8 Å². The third-order valence-corrected chi connectivity index (χ3v) is 2.80. The Kier molecular flexibility index (Phi) is 3.94. The van der Waals surface area contributed by atoms with Crippen molar-refractivity contribution in [2.75, 3.05) is 52.6 Å². The van der Waals surface area contributed by atoms with Gasteiger partial charge in [-0.2, -0.15) is 0 Å². The first-order chi connectivity index (χ1) is 7.38. The smallest absolute Gasteiger partial charge is 0.229 e. The van der Waals surface area contributed by atoms with Crippen molar-refractivity contribution in [3.8, 4) is 0 Å². The molecule has 2 saturated heterocycles. The third kappa shape index (κ3) is 2.90. The van der Waals surface area contributed by atoms with Crippen molar-refractivity contribution in [2.24, 2.45) is 5.92 Å². The Morgan fingerprint density at radius 2 is 2.00 bits per heavy atom. The molecule has 2 fully saturated rings. The lowest BCUT2D eigenvalue weighted by molar-refractivity contribution is -0.141. The highest BCUT2D eigenvalue weighted by Crippen LogP contribution is 2.07. The van der Waals surface area contributed by atoms with Crippen molar-refractivity contribution in [1.82, 2.24) is 10.2 Å². The monoisotopic (exact) mass is 214 g/mol. The van der Waals surface area contributed by atoms with Crippen LogP contribution in [0.15, 0.2) is 0 Å². The van der Waals surface area contributed by atoms with Gasteiger partial charge in [-0.15, -0.1) is 0 Å². The summed E-state index contributed by atoms with van der Waals surface area (Å²) in [7, 11) is 0. The van der Waals surface area contributed by atoms with E-state index in [1.807, 2.05) is 4.90 Å². The summed E-state index contributed by atoms with van der Waals surface area (Å²) in [6.45, 7) is 5.57. The predicted octanol–water partition coefficient (Wildman–Crippen LogP) is -0.919. The average molecular weight is 214 g/mol. The Balaban J connectivity index is 1.87. The number of hydrogen-bond acceptors (Lipinski definition) is 4. The van der Waals surface area contributed by atoms with Gasteiger partial charge in [-0.25, -0.2) is 0 Å². The number of carbonyl (C=O) groups excluding carboxylic acids is 1. The summed E-state index contributed by atoms with van der Waals surface area (Å²) in [6.07, 6.45) is 0. The molecule has 0 saturated carbocycles. The van der Waals surface area contributed by atoms with E-state index in [2.05, 4.69) is 5.32 Å². The standard InChI is InChI=1S/C10H18N2O3/c13-10(12-2-5-14-6-3-12)9-7-11-1-4-15-8-9/h9,11H,1-8H2/t9-/m0/s1. The zero-order valence-electron chi connectivity index (χ0n) is 8.91. The summed E-state index contributed by atoms with van der Waals surface area (Å²) in [5, 5.41) is 3.21. The molecule has 86 valence electrons. The maximum absolute atomic E-state index is 12.1. The fourth-order valence-corrected chi connectivity index (χ4v) is 1.91. The largest absolute Gasteiger partial charge is 0.379 e. The summed E-state index contributed by atoms with van der Waals surface area (Å²) in [5.41, 5.74) is 0. The molecule has 1 atom stereocenters. The molecule has 2 aliphatic rings. The second-order valence-corrected chi connectivity index (χ2v) is 3.91. The minimum Gasteiger partial charge on any atom is -0.379 e. The maximum Gasteiger partial charge on any atom is 0.229 e. The van der Waals surface area contributed by atoms with Crippen molar-refractivity contribution in [1.29, 1.82) is 0 Å². The van der Waals surface area contributed by atoms with E-state index in [4.69, 9.17) is 9.47 Å². The van der Waals surface area contributed by atoms with Crippen LogP contribution >= 0.6 is 0 Å². The summed E-state index contributed by atoms with van der Waals surface area (Å²) in [4.78, 5) is 13.9. The van der Waals surface area contributed by atoms with Gasteiger partial charge in [-0.3, -0.25) is 4.79 Å². The van der Waals surface area contributed by atoms with Gasteiger partial charge in [0.2, 0.25) is 5.91 Å². The van der Waals surface area contributed by atoms with Crippen LogP contribution in [0.25, 0.3) is 0 Å². The summed E-state index contributed by atoms with van der Waals surface area (Å²) < 4.78 is 10.6. The number of nitrogens with one attached hydrogen (secondary N) is 1. The van der Waals surface area contributed by atoms with Gasteiger partial charge in [-0.05, 0) is 0 Å². The minimum absolute atomic E-state index is 0.0226. The lowest BCUT2D eigenvalue weighted by atomic mass is 10.1. The van der Waals surface area contributed by atoms with E-state index < -0.39 is 0 Å². The molecular weight excluding hydrogens is 196 g/mol. The summed E-state index contributed by atoms with van der Waals surface area (Å²) >= 11 is 0. The van der Waals surface area contributed by atoms with Crippen LogP contribution in [0.5, 0.6) is 0 Å². The van der Waals surface area contributed by atoms with Crippen molar-refractivity contribution in [3.05, 3.63) is 0 Å². The van der Waals surface area contributed by atoms with Crippen LogP contribution < -0.4 is 5.32 Å². The summed E-state index contributed by atoms with van der Waals surface area (Å²) in [6, 6.07) is 0. The van der Waals surface area contributed by atoms with E-state index in [0.29, 0.717) is 26.4 Å². The van der Waals surface area contributed by atoms with Crippen LogP contribution in [0.4, 0.5) is 0 Å². The fraction of sp³-hybridized carbons (Fsp3) is 0.900. The van der Waals surface area contributed by atoms with Gasteiger partial charge in [0.1, 0.15) is 0 Å². The van der Waals surface area contributed by atoms with E-state index in [9.17, 15) is 4.79 Å². The first-order valence-corrected chi connectivity index (χ1v) is 5.53. The number of amides is 1. The van der Waals surface area contributed by atoms with E-state index in [-0.39, 0.29) is 11.8 Å². The van der Waals surface area contributed by atoms with E-state index >= 15 is 0 Å². The highest BCUT2D eigenvalue weighted by Gasteiger charge is 2.26. The van der Waals surface area contributed by atoms with Gasteiger partial charge in [0, 0.05) is 26.2 Å². The highest BCUT2D eigenvalue weighted by molar-refractivity contribution is 5.79. The lowest BCUT2D eigenvalue weighted by Crippen LogP contribution is -2.46. The van der Waals surface area contributed by atoms with E-state index in [1.165, 1.54) is 0 Å². The lowest BCUT2D eigenvalue weighted by Gasteiger charge is -2.29. The average Bonchev–Trinajstić information content (AvgIpc) is 2.58. The molecule has 2 heterocycles. The van der Waals surface area contributed by atoms with Gasteiger partial charge in [0.15, 0.2) is 0 Å². The number of morpholine rings is 1. The number of rotatable bonds is 1. The molecule has 5 heteroatoms. The number of ether oxygens (including phenoxy) is 2. The maximum atomic E-state index is 12.1. The second-order valence-electron chi connectivity index (χ2n) is 3.91. The molecule has 15 heavy (non-hydrogen) atoms. The van der Waals surface area contributed by atoms with Crippen LogP contribution in [0.2, 0.25) is 0 Å². The molecule has 0 aromatic carbocycles. The molecule has 2 rings (SSSR count). The predicted molar refractivity (Wildman–Crippen MR) is 54.6 cm³/mol. The SMILES string of the molecule is O=C([C@H]1CNCCOC1)N1CCOCC1. The normalized spacial score (nSPS) is 28.5. The van der Waals surface area contributed by atoms with E-state index in [0.717, 1.165) is 26.2 Å². The quantitative estimate of drug-likeness (QED) is 0.613. The molecule has 0 spiro atoms. The Hall–Kier alpha value is -0.650. The Morgan fingerprint density at radius 1 is 1.20 bits per heavy atom. The molecule has 1 N–H and O–H groups in total. The van der Waals surface area contributed by atoms with Crippen molar-refractivity contribution >= 4 is 5.91 Å². The van der Waals surface area contributed by atoms with Crippen LogP contribution in [-0.4, -0.2) is 63.4 Å². The number of hydrogen-bond donors (Lipinski definition) is 1. The van der Waals surface area contributed by atoms with Gasteiger partial charge < -0.3 is 19.7 Å². The highest BCUT2D eigenvalue weighted by atomic mass is 16.5. The van der Waals surface area contributed by atoms with Crippen molar-refractivity contribution < 1.29 is 14.3 Å². The van der Waals surface area contributed by atoms with Gasteiger partial charge in [0.25, 0.3) is 0 Å². The number of nitrogens with zero attached hydrogens (tertiary/aromatic N) is 1. The van der Waals surface area contributed by atoms with Crippen LogP contribution in [0.3, 0.4) is 0 Å². The number of carbonyl (C=O) groups is 1. The Labute approximate surface area is 89.7 Å². The molecule has 0 aromatic rings. The molecule has 0 unspecified atom stereocenters. The fourth-order valence-electron chi connectivity index (χ4n) is 1.91. The molecule has 0 radical (unpaired) electrons. The van der Waals surface area contributed by atoms with Crippen molar-refractivity contribution in [2.45, 2.75) is 0 Å². The molecule has 0 aliphatic carbocycles. The molecule has 1 amide bonds. The van der Waals surface area contributed by atoms with Gasteiger partial charge in [-0.1, -0.05) is 0 Å². The zero-order chi connectivity index (χ0) is 10.5. The molecular formula is C10H18N2O3. The van der Waals surface area contributed by atoms with Crippen LogP contribution in [-0.2, 0) is 14.3 Å². The second kappa shape index (κ2) is 5.44. The Bertz CT molecular complexity index is 209. The van der Waals surface area contributed by atoms with Gasteiger partial charge in [0.05, 0.1) is 32.3 Å². The van der Waals surface area contributed by atoms with Crippen molar-refractivity contribution in [3.63, 3.8) is 0 Å². The van der Waals surface area contributed by atoms with E-state index in [1.54, 1.807) is 0 Å². The summed E-state index contributed by atoms with van der Waals surface area (Å²) in [5.74, 6) is 0.179. The minimum atomic E-state index is -0.0226. The first kappa shape index (κ1) is 10.9.